The molecule has 1 spiro atoms. The van der Waals surface area contributed by atoms with Crippen LogP contribution in [-0.4, -0.2) is 19.6 Å². The Hall–Kier alpha value is -4.82. The van der Waals surface area contributed by atoms with Crippen molar-refractivity contribution in [2.75, 3.05) is 0 Å². The number of benzene rings is 4. The van der Waals surface area contributed by atoms with E-state index in [1.807, 2.05) is 60.7 Å². The summed E-state index contributed by atoms with van der Waals surface area (Å²) in [5.74, 6) is -0.920. The third kappa shape index (κ3) is 4.87. The summed E-state index contributed by atoms with van der Waals surface area (Å²) in [5.41, 5.74) is -3.03. The van der Waals surface area contributed by atoms with Gasteiger partial charge in [0.1, 0.15) is 5.83 Å². The average molecular weight is 598 g/mol. The lowest BCUT2D eigenvalue weighted by Gasteiger charge is -2.36. The van der Waals surface area contributed by atoms with Gasteiger partial charge in [-0.05, 0) is 56.7 Å². The first kappa shape index (κ1) is 28.3. The van der Waals surface area contributed by atoms with E-state index in [1.165, 1.54) is 6.08 Å². The van der Waals surface area contributed by atoms with Crippen molar-refractivity contribution in [1.29, 1.82) is 0 Å². The molecule has 0 radical (unpaired) electrons. The molecule has 2 aliphatic carbocycles. The second-order valence-corrected chi connectivity index (χ2v) is 11.6. The lowest BCUT2D eigenvalue weighted by atomic mass is 9.66. The molecule has 0 saturated heterocycles. The minimum atomic E-state index is -6.06. The Kier molecular flexibility index (Phi) is 7.10. The first-order valence-electron chi connectivity index (χ1n) is 13.3. The summed E-state index contributed by atoms with van der Waals surface area (Å²) < 4.78 is 85.2. The van der Waals surface area contributed by atoms with Crippen molar-refractivity contribution in [3.05, 3.63) is 168 Å². The Balaban J connectivity index is 1.88. The zero-order valence-electron chi connectivity index (χ0n) is 22.5. The highest BCUT2D eigenvalue weighted by Gasteiger charge is 2.53. The summed E-state index contributed by atoms with van der Waals surface area (Å²) in [7, 11) is -6.06. The van der Waals surface area contributed by atoms with Gasteiger partial charge >= 0.3 is 15.5 Å². The molecule has 4 aromatic rings. The highest BCUT2D eigenvalue weighted by atomic mass is 32.2. The van der Waals surface area contributed by atoms with Gasteiger partial charge in [0.25, 0.3) is 0 Å². The monoisotopic (exact) mass is 597 g/mol. The summed E-state index contributed by atoms with van der Waals surface area (Å²) in [6, 6.07) is 36.6. The second-order valence-electron chi connectivity index (χ2n) is 10.0. The zero-order chi connectivity index (χ0) is 30.2. The van der Waals surface area contributed by atoms with E-state index in [0.29, 0.717) is 33.4 Å². The van der Waals surface area contributed by atoms with Crippen molar-refractivity contribution in [3.63, 3.8) is 0 Å². The maximum absolute atomic E-state index is 15.0. The predicted octanol–water partition coefficient (Wildman–Crippen LogP) is 8.92. The van der Waals surface area contributed by atoms with Crippen LogP contribution in [0, 0.1) is 5.41 Å². The van der Waals surface area contributed by atoms with E-state index < -0.39 is 32.5 Å². The van der Waals surface area contributed by atoms with Crippen LogP contribution in [0.4, 0.5) is 17.6 Å². The van der Waals surface area contributed by atoms with Crippen molar-refractivity contribution in [3.8, 4) is 0 Å². The molecule has 2 aliphatic rings. The molecular formula is C35H23F4NO2S. The van der Waals surface area contributed by atoms with Crippen LogP contribution in [0.2, 0.25) is 0 Å². The van der Waals surface area contributed by atoms with Gasteiger partial charge in [-0.1, -0.05) is 127 Å². The van der Waals surface area contributed by atoms with Gasteiger partial charge in [-0.2, -0.15) is 26.0 Å². The van der Waals surface area contributed by atoms with Gasteiger partial charge in [0.15, 0.2) is 0 Å². The number of allylic oxidation sites excluding steroid dienone is 8. The molecule has 0 unspecified atom stereocenters. The van der Waals surface area contributed by atoms with Crippen LogP contribution in [0.15, 0.2) is 150 Å². The maximum atomic E-state index is 15.0. The molecular weight excluding hydrogens is 574 g/mol. The van der Waals surface area contributed by atoms with Crippen LogP contribution in [0.1, 0.15) is 22.3 Å². The topological polar surface area (TPSA) is 46.5 Å². The van der Waals surface area contributed by atoms with Crippen molar-refractivity contribution in [1.82, 2.24) is 0 Å². The summed E-state index contributed by atoms with van der Waals surface area (Å²) in [6.45, 7) is 0. The highest BCUT2D eigenvalue weighted by molar-refractivity contribution is 7.91. The number of halogens is 4. The predicted molar refractivity (Wildman–Crippen MR) is 163 cm³/mol. The summed E-state index contributed by atoms with van der Waals surface area (Å²) in [5, 5.41) is 0. The molecule has 0 amide bonds. The Morgan fingerprint density at radius 1 is 0.581 bits per heavy atom. The maximum Gasteiger partial charge on any atom is 0.518 e. The fraction of sp³-hybridized carbons (Fsp3) is 0.0571. The van der Waals surface area contributed by atoms with Crippen LogP contribution in [0.5, 0.6) is 0 Å². The standard InChI is InChI=1S/C35H23F4NO2S/c36-28-21-22-34(29(23-28)40-43(41,42)35(37,38)39)32(26-17-9-3-10-18-26)30(24-13-5-1-6-14-24)31(25-15-7-2-8-16-25)33(34)27-19-11-4-12-20-27/h1-23H/b40-29-. The molecule has 6 rings (SSSR count). The number of sulfonamides is 1. The first-order valence-corrected chi connectivity index (χ1v) is 14.8. The molecule has 4 aromatic carbocycles. The number of nitrogens with zero attached hydrogens (tertiary/aromatic N) is 1. The highest BCUT2D eigenvalue weighted by Crippen LogP contribution is 2.63. The van der Waals surface area contributed by atoms with Gasteiger partial charge in [0.2, 0.25) is 0 Å². The Morgan fingerprint density at radius 3 is 1.33 bits per heavy atom. The van der Waals surface area contributed by atoms with Crippen LogP contribution < -0.4 is 0 Å². The van der Waals surface area contributed by atoms with Crippen molar-refractivity contribution >= 4 is 38.0 Å². The minimum Gasteiger partial charge on any atom is -0.207 e. The molecule has 0 bridgehead atoms. The molecule has 0 fully saturated rings. The van der Waals surface area contributed by atoms with E-state index in [4.69, 9.17) is 0 Å². The van der Waals surface area contributed by atoms with E-state index in [2.05, 4.69) is 4.40 Å². The van der Waals surface area contributed by atoms with Crippen LogP contribution >= 0.6 is 0 Å². The summed E-state index contributed by atoms with van der Waals surface area (Å²) >= 11 is 0. The fourth-order valence-electron chi connectivity index (χ4n) is 5.79. The van der Waals surface area contributed by atoms with Crippen LogP contribution in [0.3, 0.4) is 0 Å². The van der Waals surface area contributed by atoms with Crippen LogP contribution in [0.25, 0.3) is 22.3 Å². The smallest absolute Gasteiger partial charge is 0.207 e. The lowest BCUT2D eigenvalue weighted by Crippen LogP contribution is -2.34. The molecule has 0 saturated carbocycles. The summed E-state index contributed by atoms with van der Waals surface area (Å²) in [6.07, 6.45) is 3.37. The molecule has 43 heavy (non-hydrogen) atoms. The molecule has 8 heteroatoms. The van der Waals surface area contributed by atoms with Gasteiger partial charge < -0.3 is 0 Å². The van der Waals surface area contributed by atoms with Gasteiger partial charge in [-0.25, -0.2) is 4.39 Å². The molecule has 0 atom stereocenters. The van der Waals surface area contributed by atoms with Gasteiger partial charge in [0.05, 0.1) is 11.1 Å². The third-order valence-electron chi connectivity index (χ3n) is 7.47. The van der Waals surface area contributed by atoms with Gasteiger partial charge in [-0.3, -0.25) is 0 Å². The molecule has 214 valence electrons. The summed E-state index contributed by atoms with van der Waals surface area (Å²) in [4.78, 5) is 0. The first-order chi connectivity index (χ1) is 20.6. The number of rotatable bonds is 5. The normalized spacial score (nSPS) is 17.6. The van der Waals surface area contributed by atoms with Gasteiger partial charge in [0, 0.05) is 0 Å². The molecule has 0 aromatic heterocycles. The fourth-order valence-corrected chi connectivity index (χ4v) is 6.35. The van der Waals surface area contributed by atoms with Crippen molar-refractivity contribution in [2.45, 2.75) is 5.51 Å². The molecule has 0 N–H and O–H groups in total. The van der Waals surface area contributed by atoms with E-state index in [0.717, 1.165) is 23.3 Å². The SMILES string of the molecule is O=S(=O)(/N=C1/C=C(F)C=CC12C(c1ccccc1)=C(c1ccccc1)C(c1ccccc1)=C2c1ccccc1)C(F)(F)F. The number of hydrogen-bond acceptors (Lipinski definition) is 2. The molecule has 0 heterocycles. The third-order valence-corrected chi connectivity index (χ3v) is 8.49. The van der Waals surface area contributed by atoms with Crippen molar-refractivity contribution in [2.24, 2.45) is 9.81 Å². The van der Waals surface area contributed by atoms with E-state index in [1.54, 1.807) is 60.7 Å². The quantitative estimate of drug-likeness (QED) is 0.216. The van der Waals surface area contributed by atoms with E-state index >= 15 is 4.39 Å². The van der Waals surface area contributed by atoms with Crippen LogP contribution in [-0.2, 0) is 10.0 Å². The minimum absolute atomic E-state index is 0.480. The Bertz CT molecular complexity index is 1840. The van der Waals surface area contributed by atoms with Crippen molar-refractivity contribution < 1.29 is 26.0 Å². The van der Waals surface area contributed by atoms with E-state index in [-0.39, 0.29) is 0 Å². The zero-order valence-corrected chi connectivity index (χ0v) is 23.3. The Labute approximate surface area is 246 Å². The number of hydrogen-bond donors (Lipinski definition) is 0. The second kappa shape index (κ2) is 10.8. The molecule has 0 aliphatic heterocycles. The van der Waals surface area contributed by atoms with Gasteiger partial charge in [-0.15, -0.1) is 0 Å². The average Bonchev–Trinajstić information content (AvgIpc) is 3.31. The number of alkyl halides is 3. The van der Waals surface area contributed by atoms with E-state index in [9.17, 15) is 21.6 Å². The largest absolute Gasteiger partial charge is 0.518 e. The Morgan fingerprint density at radius 2 is 0.953 bits per heavy atom. The molecule has 3 nitrogen and oxygen atoms in total. The lowest BCUT2D eigenvalue weighted by molar-refractivity contribution is -0.0435.